The molecular weight excluding hydrogens is 242 g/mol. The van der Waals surface area contributed by atoms with E-state index in [0.29, 0.717) is 12.8 Å². The predicted molar refractivity (Wildman–Crippen MR) is 56.4 cm³/mol. The molecule has 0 rings (SSSR count). The van der Waals surface area contributed by atoms with E-state index in [1.54, 1.807) is 0 Å². The molecule has 0 saturated heterocycles. The summed E-state index contributed by atoms with van der Waals surface area (Å²) in [4.78, 5) is 0. The molecule has 0 amide bonds. The van der Waals surface area contributed by atoms with Crippen molar-refractivity contribution < 1.29 is 27.0 Å². The maximum atomic E-state index is 11.6. The summed E-state index contributed by atoms with van der Waals surface area (Å²) in [7, 11) is -3.00. The van der Waals surface area contributed by atoms with Crippen LogP contribution in [0.4, 0.5) is 8.78 Å². The zero-order valence-electron chi connectivity index (χ0n) is 9.23. The molecule has 7 heteroatoms. The number of aliphatic hydroxyl groups excluding tert-OH is 1. The van der Waals surface area contributed by atoms with Gasteiger partial charge in [0.15, 0.2) is 0 Å². The second-order valence-corrected chi connectivity index (χ2v) is 5.94. The van der Waals surface area contributed by atoms with Gasteiger partial charge < -0.3 is 9.84 Å². The first-order valence-corrected chi connectivity index (χ1v) is 7.09. The molecular formula is C9H18F2O4S. The van der Waals surface area contributed by atoms with Crippen LogP contribution in [0.15, 0.2) is 0 Å². The Balaban J connectivity index is 3.41. The van der Waals surface area contributed by atoms with E-state index in [9.17, 15) is 22.3 Å². The third-order valence-electron chi connectivity index (χ3n) is 1.89. The van der Waals surface area contributed by atoms with Crippen LogP contribution in [-0.4, -0.2) is 51.3 Å². The van der Waals surface area contributed by atoms with Gasteiger partial charge in [0.2, 0.25) is 0 Å². The van der Waals surface area contributed by atoms with Crippen molar-refractivity contribution in [3.63, 3.8) is 0 Å². The lowest BCUT2D eigenvalue weighted by Gasteiger charge is -2.10. The molecule has 0 radical (unpaired) electrons. The van der Waals surface area contributed by atoms with E-state index in [2.05, 4.69) is 4.74 Å². The molecule has 0 heterocycles. The predicted octanol–water partition coefficient (Wildman–Crippen LogP) is 0.844. The molecule has 98 valence electrons. The summed E-state index contributed by atoms with van der Waals surface area (Å²) in [6, 6.07) is 0. The highest BCUT2D eigenvalue weighted by Crippen LogP contribution is 2.04. The first-order valence-electron chi connectivity index (χ1n) is 5.03. The van der Waals surface area contributed by atoms with Crippen LogP contribution in [0.2, 0.25) is 0 Å². The van der Waals surface area contributed by atoms with Crippen LogP contribution in [0.1, 0.15) is 19.3 Å². The molecule has 1 N–H and O–H groups in total. The summed E-state index contributed by atoms with van der Waals surface area (Å²) in [5, 5.41) is 9.35. The number of halogens is 2. The molecule has 1 unspecified atom stereocenters. The first-order chi connectivity index (χ1) is 7.31. The van der Waals surface area contributed by atoms with Crippen LogP contribution in [0, 0.1) is 0 Å². The van der Waals surface area contributed by atoms with Crippen LogP contribution in [0.5, 0.6) is 0 Å². The molecule has 16 heavy (non-hydrogen) atoms. The molecule has 0 aliphatic carbocycles. The first kappa shape index (κ1) is 15.7. The van der Waals surface area contributed by atoms with E-state index in [0.717, 1.165) is 6.26 Å². The summed E-state index contributed by atoms with van der Waals surface area (Å²) in [6.07, 6.45) is -1.11. The van der Waals surface area contributed by atoms with Crippen LogP contribution < -0.4 is 0 Å². The standard InChI is InChI=1S/C9H18F2O4S/c1-16(13,14)6-2-3-8(12)4-5-15-7-9(10)11/h8-9,12H,2-7H2,1H3. The van der Waals surface area contributed by atoms with Crippen molar-refractivity contribution in [2.45, 2.75) is 31.8 Å². The van der Waals surface area contributed by atoms with Crippen molar-refractivity contribution in [2.75, 3.05) is 25.2 Å². The molecule has 0 saturated carbocycles. The van der Waals surface area contributed by atoms with Crippen molar-refractivity contribution in [2.24, 2.45) is 0 Å². The molecule has 0 aliphatic heterocycles. The third kappa shape index (κ3) is 11.8. The van der Waals surface area contributed by atoms with Crippen molar-refractivity contribution in [1.82, 2.24) is 0 Å². The zero-order chi connectivity index (χ0) is 12.6. The Labute approximate surface area is 94.5 Å². The number of rotatable bonds is 9. The van der Waals surface area contributed by atoms with Gasteiger partial charge in [-0.2, -0.15) is 0 Å². The highest BCUT2D eigenvalue weighted by molar-refractivity contribution is 7.90. The quantitative estimate of drug-likeness (QED) is 0.624. The van der Waals surface area contributed by atoms with Crippen LogP contribution in [0.25, 0.3) is 0 Å². The Morgan fingerprint density at radius 3 is 2.44 bits per heavy atom. The molecule has 0 aliphatic rings. The Bertz CT molecular complexity index is 267. The van der Waals surface area contributed by atoms with E-state index in [-0.39, 0.29) is 18.8 Å². The molecule has 0 bridgehead atoms. The van der Waals surface area contributed by atoms with Gasteiger partial charge in [0.05, 0.1) is 6.10 Å². The van der Waals surface area contributed by atoms with Crippen molar-refractivity contribution in [1.29, 1.82) is 0 Å². The number of hydrogen-bond acceptors (Lipinski definition) is 4. The van der Waals surface area contributed by atoms with Crippen LogP contribution in [0.3, 0.4) is 0 Å². The lowest BCUT2D eigenvalue weighted by atomic mass is 10.1. The molecule has 4 nitrogen and oxygen atoms in total. The zero-order valence-corrected chi connectivity index (χ0v) is 10.0. The van der Waals surface area contributed by atoms with E-state index >= 15 is 0 Å². The van der Waals surface area contributed by atoms with Crippen LogP contribution in [-0.2, 0) is 14.6 Å². The SMILES string of the molecule is CS(=O)(=O)CCCC(O)CCOCC(F)F. The minimum absolute atomic E-state index is 0.0297. The summed E-state index contributed by atoms with van der Waals surface area (Å²) in [5.74, 6) is 0.0297. The summed E-state index contributed by atoms with van der Waals surface area (Å²) >= 11 is 0. The number of aliphatic hydroxyl groups is 1. The van der Waals surface area contributed by atoms with Gasteiger partial charge in [-0.25, -0.2) is 17.2 Å². The van der Waals surface area contributed by atoms with Crippen molar-refractivity contribution >= 4 is 9.84 Å². The molecule has 0 fully saturated rings. The lowest BCUT2D eigenvalue weighted by molar-refractivity contribution is 0.00421. The van der Waals surface area contributed by atoms with Gasteiger partial charge in [0, 0.05) is 18.6 Å². The van der Waals surface area contributed by atoms with E-state index < -0.39 is 29.0 Å². The van der Waals surface area contributed by atoms with E-state index in [4.69, 9.17) is 0 Å². The second kappa shape index (κ2) is 7.92. The largest absolute Gasteiger partial charge is 0.393 e. The Morgan fingerprint density at radius 1 is 1.31 bits per heavy atom. The third-order valence-corrected chi connectivity index (χ3v) is 2.92. The number of sulfone groups is 1. The lowest BCUT2D eigenvalue weighted by Crippen LogP contribution is -2.14. The van der Waals surface area contributed by atoms with Gasteiger partial charge in [-0.05, 0) is 19.3 Å². The molecule has 0 aromatic heterocycles. The number of ether oxygens (including phenoxy) is 1. The highest BCUT2D eigenvalue weighted by atomic mass is 32.2. The maximum absolute atomic E-state index is 11.6. The average Bonchev–Trinajstić information content (AvgIpc) is 2.10. The molecule has 0 spiro atoms. The summed E-state index contributed by atoms with van der Waals surface area (Å²) < 4.78 is 49.4. The fourth-order valence-electron chi connectivity index (χ4n) is 1.12. The minimum Gasteiger partial charge on any atom is -0.393 e. The van der Waals surface area contributed by atoms with E-state index in [1.165, 1.54) is 0 Å². The van der Waals surface area contributed by atoms with Crippen molar-refractivity contribution in [3.05, 3.63) is 0 Å². The van der Waals surface area contributed by atoms with Gasteiger partial charge in [0.25, 0.3) is 6.43 Å². The fourth-order valence-corrected chi connectivity index (χ4v) is 1.81. The van der Waals surface area contributed by atoms with Gasteiger partial charge in [0.1, 0.15) is 16.4 Å². The smallest absolute Gasteiger partial charge is 0.261 e. The second-order valence-electron chi connectivity index (χ2n) is 3.68. The Morgan fingerprint density at radius 2 is 1.94 bits per heavy atom. The maximum Gasteiger partial charge on any atom is 0.261 e. The van der Waals surface area contributed by atoms with E-state index in [1.807, 2.05) is 0 Å². The average molecular weight is 260 g/mol. The Hall–Kier alpha value is -0.270. The molecule has 0 aromatic carbocycles. The monoisotopic (exact) mass is 260 g/mol. The van der Waals surface area contributed by atoms with Gasteiger partial charge >= 0.3 is 0 Å². The van der Waals surface area contributed by atoms with Gasteiger partial charge in [-0.3, -0.25) is 0 Å². The molecule has 1 atom stereocenters. The van der Waals surface area contributed by atoms with Gasteiger partial charge in [-0.15, -0.1) is 0 Å². The van der Waals surface area contributed by atoms with Crippen molar-refractivity contribution in [3.8, 4) is 0 Å². The summed E-state index contributed by atoms with van der Waals surface area (Å²) in [5.41, 5.74) is 0. The highest BCUT2D eigenvalue weighted by Gasteiger charge is 2.08. The number of alkyl halides is 2. The Kier molecular flexibility index (Phi) is 7.78. The fraction of sp³-hybridized carbons (Fsp3) is 1.00. The van der Waals surface area contributed by atoms with Crippen LogP contribution >= 0.6 is 0 Å². The van der Waals surface area contributed by atoms with Gasteiger partial charge in [-0.1, -0.05) is 0 Å². The molecule has 0 aromatic rings. The summed E-state index contributed by atoms with van der Waals surface area (Å²) in [6.45, 7) is -0.569. The number of hydrogen-bond donors (Lipinski definition) is 1. The topological polar surface area (TPSA) is 63.6 Å². The minimum atomic E-state index is -3.00. The normalized spacial score (nSPS) is 14.3.